The highest BCUT2D eigenvalue weighted by Crippen LogP contribution is 2.35. The van der Waals surface area contributed by atoms with Crippen LogP contribution < -0.4 is 0 Å². The van der Waals surface area contributed by atoms with Gasteiger partial charge >= 0.3 is 6.09 Å². The first-order chi connectivity index (χ1) is 12.7. The zero-order chi connectivity index (χ0) is 19.6. The largest absolute Gasteiger partial charge is 0.444 e. The molecule has 0 saturated heterocycles. The summed E-state index contributed by atoms with van der Waals surface area (Å²) < 4.78 is 24.7. The molecule has 3 rings (SSSR count). The number of carbonyl (C=O) groups is 1. The Hall–Kier alpha value is -2.40. The predicted octanol–water partition coefficient (Wildman–Crippen LogP) is 4.97. The monoisotopic (exact) mass is 371 g/mol. The number of rotatable bonds is 3. The molecule has 1 atom stereocenters. The summed E-state index contributed by atoms with van der Waals surface area (Å²) in [6.07, 6.45) is 0.204. The minimum absolute atomic E-state index is 0.216. The van der Waals surface area contributed by atoms with E-state index in [1.165, 1.54) is 17.7 Å². The van der Waals surface area contributed by atoms with Gasteiger partial charge in [0, 0.05) is 7.05 Å². The first-order valence-electron chi connectivity index (χ1n) is 9.18. The van der Waals surface area contributed by atoms with Crippen molar-refractivity contribution >= 4 is 6.09 Å². The molecule has 0 aliphatic carbocycles. The minimum atomic E-state index is -0.535. The molecule has 27 heavy (non-hydrogen) atoms. The second-order valence-corrected chi connectivity index (χ2v) is 7.85. The van der Waals surface area contributed by atoms with Crippen LogP contribution in [0.5, 0.6) is 0 Å². The van der Waals surface area contributed by atoms with Crippen molar-refractivity contribution in [3.8, 4) is 11.1 Å². The summed E-state index contributed by atoms with van der Waals surface area (Å²) in [5, 5.41) is 0. The van der Waals surface area contributed by atoms with Gasteiger partial charge in [-0.3, -0.25) is 0 Å². The maximum Gasteiger partial charge on any atom is 0.410 e. The summed E-state index contributed by atoms with van der Waals surface area (Å²) in [6, 6.07) is 12.6. The lowest BCUT2D eigenvalue weighted by Crippen LogP contribution is -2.38. The average Bonchev–Trinajstić information content (AvgIpc) is 2.61. The first-order valence-corrected chi connectivity index (χ1v) is 9.18. The Labute approximate surface area is 159 Å². The third-order valence-corrected chi connectivity index (χ3v) is 4.53. The van der Waals surface area contributed by atoms with Crippen molar-refractivity contribution < 1.29 is 18.7 Å². The quantitative estimate of drug-likeness (QED) is 0.764. The van der Waals surface area contributed by atoms with Gasteiger partial charge in [0.25, 0.3) is 0 Å². The topological polar surface area (TPSA) is 38.8 Å². The van der Waals surface area contributed by atoms with E-state index in [0.29, 0.717) is 13.2 Å². The number of fused-ring (bicyclic) bond motifs is 1. The molecule has 0 aromatic heterocycles. The van der Waals surface area contributed by atoms with Gasteiger partial charge in [-0.15, -0.1) is 0 Å². The van der Waals surface area contributed by atoms with Crippen LogP contribution in [0.4, 0.5) is 9.18 Å². The summed E-state index contributed by atoms with van der Waals surface area (Å²) in [6.45, 7) is 6.53. The number of amides is 1. The van der Waals surface area contributed by atoms with E-state index in [1.54, 1.807) is 24.1 Å². The summed E-state index contributed by atoms with van der Waals surface area (Å²) >= 11 is 0. The molecule has 0 N–H and O–H groups in total. The van der Waals surface area contributed by atoms with Gasteiger partial charge < -0.3 is 14.4 Å². The predicted molar refractivity (Wildman–Crippen MR) is 103 cm³/mol. The van der Waals surface area contributed by atoms with Crippen LogP contribution in [0, 0.1) is 5.82 Å². The highest BCUT2D eigenvalue weighted by molar-refractivity contribution is 5.70. The van der Waals surface area contributed by atoms with Gasteiger partial charge in [-0.1, -0.05) is 30.3 Å². The van der Waals surface area contributed by atoms with Gasteiger partial charge in [-0.2, -0.15) is 0 Å². The Balaban J connectivity index is 1.83. The van der Waals surface area contributed by atoms with Crippen molar-refractivity contribution in [2.24, 2.45) is 0 Å². The van der Waals surface area contributed by atoms with Gasteiger partial charge in [-0.05, 0) is 61.6 Å². The van der Waals surface area contributed by atoms with Crippen LogP contribution in [-0.4, -0.2) is 36.8 Å². The second kappa shape index (κ2) is 7.69. The van der Waals surface area contributed by atoms with E-state index in [9.17, 15) is 9.18 Å². The van der Waals surface area contributed by atoms with Crippen LogP contribution in [0.3, 0.4) is 0 Å². The highest BCUT2D eigenvalue weighted by Gasteiger charge is 2.27. The molecule has 2 aromatic carbocycles. The third-order valence-electron chi connectivity index (χ3n) is 4.53. The van der Waals surface area contributed by atoms with Crippen molar-refractivity contribution in [2.75, 3.05) is 20.2 Å². The smallest absolute Gasteiger partial charge is 0.410 e. The zero-order valence-electron chi connectivity index (χ0n) is 16.3. The number of ether oxygens (including phenoxy) is 2. The lowest BCUT2D eigenvalue weighted by molar-refractivity contribution is -0.00157. The number of likely N-dealkylation sites (N-methyl/N-ethyl adjacent to an activating group) is 1. The molecule has 0 radical (unpaired) electrons. The Morgan fingerprint density at radius 1 is 1.22 bits per heavy atom. The zero-order valence-corrected chi connectivity index (χ0v) is 16.3. The second-order valence-electron chi connectivity index (χ2n) is 7.85. The summed E-state index contributed by atoms with van der Waals surface area (Å²) in [5.74, 6) is -0.247. The van der Waals surface area contributed by atoms with Crippen LogP contribution in [0.25, 0.3) is 11.1 Å². The molecule has 4 nitrogen and oxygen atoms in total. The maximum absolute atomic E-state index is 13.3. The Morgan fingerprint density at radius 3 is 2.59 bits per heavy atom. The van der Waals surface area contributed by atoms with E-state index in [1.807, 2.05) is 39.0 Å². The molecule has 0 saturated carbocycles. The van der Waals surface area contributed by atoms with Crippen LogP contribution in [0.1, 0.15) is 38.0 Å². The van der Waals surface area contributed by atoms with Crippen molar-refractivity contribution in [2.45, 2.75) is 38.9 Å². The molecule has 0 unspecified atom stereocenters. The molecule has 0 spiro atoms. The van der Waals surface area contributed by atoms with Gasteiger partial charge in [0.2, 0.25) is 0 Å². The molecule has 1 aliphatic rings. The van der Waals surface area contributed by atoms with Crippen molar-refractivity contribution in [1.29, 1.82) is 0 Å². The van der Waals surface area contributed by atoms with Gasteiger partial charge in [0.05, 0.1) is 13.2 Å². The summed E-state index contributed by atoms with van der Waals surface area (Å²) in [5.41, 5.74) is 3.79. The van der Waals surface area contributed by atoms with E-state index in [-0.39, 0.29) is 18.0 Å². The fraction of sp³-hybridized carbons (Fsp3) is 0.409. The number of benzene rings is 2. The number of halogens is 1. The minimum Gasteiger partial charge on any atom is -0.444 e. The van der Waals surface area contributed by atoms with E-state index >= 15 is 0 Å². The average molecular weight is 371 g/mol. The normalized spacial score (nSPS) is 16.6. The lowest BCUT2D eigenvalue weighted by Gasteiger charge is -2.32. The van der Waals surface area contributed by atoms with Crippen LogP contribution in [0.2, 0.25) is 0 Å². The summed E-state index contributed by atoms with van der Waals surface area (Å²) in [4.78, 5) is 13.8. The standard InChI is InChI=1S/C22H26FNO3/c1-22(2,3)27-21(25)24(4)14-20-19-7-5-6-17(18(19)12-13-26-20)15-8-10-16(23)11-9-15/h5-11,20H,12-14H2,1-4H3/t20-/m0/s1. The molecule has 0 fully saturated rings. The number of carbonyl (C=O) groups excluding carboxylic acids is 1. The van der Waals surface area contributed by atoms with E-state index in [2.05, 4.69) is 0 Å². The highest BCUT2D eigenvalue weighted by atomic mass is 19.1. The number of nitrogens with zero attached hydrogens (tertiary/aromatic N) is 1. The maximum atomic E-state index is 13.3. The fourth-order valence-corrected chi connectivity index (χ4v) is 3.29. The number of hydrogen-bond acceptors (Lipinski definition) is 3. The molecular weight excluding hydrogens is 345 g/mol. The SMILES string of the molecule is CN(C[C@@H]1OCCc2c(-c3ccc(F)cc3)cccc21)C(=O)OC(C)(C)C. The van der Waals surface area contributed by atoms with Gasteiger partial charge in [-0.25, -0.2) is 9.18 Å². The van der Waals surface area contributed by atoms with Crippen LogP contribution >= 0.6 is 0 Å². The van der Waals surface area contributed by atoms with Crippen molar-refractivity contribution in [1.82, 2.24) is 4.90 Å². The Morgan fingerprint density at radius 2 is 1.93 bits per heavy atom. The molecule has 0 bridgehead atoms. The van der Waals surface area contributed by atoms with E-state index in [4.69, 9.17) is 9.47 Å². The summed E-state index contributed by atoms with van der Waals surface area (Å²) in [7, 11) is 1.72. The molecule has 1 aliphatic heterocycles. The first kappa shape index (κ1) is 19.4. The van der Waals surface area contributed by atoms with E-state index < -0.39 is 5.60 Å². The third kappa shape index (κ3) is 4.66. The fourth-order valence-electron chi connectivity index (χ4n) is 3.29. The van der Waals surface area contributed by atoms with Crippen molar-refractivity contribution in [3.05, 3.63) is 59.4 Å². The molecule has 5 heteroatoms. The van der Waals surface area contributed by atoms with E-state index in [0.717, 1.165) is 23.1 Å². The van der Waals surface area contributed by atoms with Crippen molar-refractivity contribution in [3.63, 3.8) is 0 Å². The van der Waals surface area contributed by atoms with Crippen LogP contribution in [-0.2, 0) is 15.9 Å². The molecule has 1 heterocycles. The van der Waals surface area contributed by atoms with Crippen LogP contribution in [0.15, 0.2) is 42.5 Å². The van der Waals surface area contributed by atoms with Gasteiger partial charge in [0.15, 0.2) is 0 Å². The Kier molecular flexibility index (Phi) is 5.51. The molecule has 144 valence electrons. The Bertz CT molecular complexity index is 811. The lowest BCUT2D eigenvalue weighted by atomic mass is 9.89. The molecule has 2 aromatic rings. The number of hydrogen-bond donors (Lipinski definition) is 0. The van der Waals surface area contributed by atoms with Gasteiger partial charge in [0.1, 0.15) is 17.5 Å². The molecular formula is C22H26FNO3. The molecule has 1 amide bonds.